The van der Waals surface area contributed by atoms with E-state index in [0.29, 0.717) is 6.54 Å². The fourth-order valence-corrected chi connectivity index (χ4v) is 4.47. The number of carbonyl (C=O) groups excluding carboxylic acids is 2. The van der Waals surface area contributed by atoms with Gasteiger partial charge in [-0.1, -0.05) is 19.3 Å². The number of H-pyrrole nitrogens is 1. The maximum atomic E-state index is 12.9. The van der Waals surface area contributed by atoms with Crippen molar-refractivity contribution in [1.82, 2.24) is 9.88 Å². The molecular formula is C21H27N3O2. The summed E-state index contributed by atoms with van der Waals surface area (Å²) >= 11 is 0. The zero-order valence-corrected chi connectivity index (χ0v) is 15.4. The number of nitrogens with zero attached hydrogens (tertiary/aromatic N) is 1. The normalized spacial score (nSPS) is 21.3. The first kappa shape index (κ1) is 17.1. The number of aromatic amines is 1. The number of rotatable bonds is 3. The number of nitrogens with one attached hydrogen (secondary N) is 2. The molecule has 2 N–H and O–H groups in total. The number of carbonyl (C=O) groups is 2. The van der Waals surface area contributed by atoms with Crippen molar-refractivity contribution < 1.29 is 9.59 Å². The van der Waals surface area contributed by atoms with Gasteiger partial charge in [0.05, 0.1) is 0 Å². The third-order valence-corrected chi connectivity index (χ3v) is 5.82. The Labute approximate surface area is 154 Å². The SMILES string of the molecule is Cc1cc2cc(NC(=O)C3CCCN3C(=O)C3CCCCC3)ccc2[nH]1. The molecule has 2 amide bonds. The fraction of sp³-hybridized carbons (Fsp3) is 0.524. The van der Waals surface area contributed by atoms with Gasteiger partial charge >= 0.3 is 0 Å². The molecule has 1 aliphatic heterocycles. The van der Waals surface area contributed by atoms with Gasteiger partial charge in [0.15, 0.2) is 0 Å². The molecule has 1 aliphatic carbocycles. The first-order chi connectivity index (χ1) is 12.6. The van der Waals surface area contributed by atoms with E-state index in [1.807, 2.05) is 30.0 Å². The molecule has 0 spiro atoms. The van der Waals surface area contributed by atoms with E-state index >= 15 is 0 Å². The Kier molecular flexibility index (Phi) is 4.70. The van der Waals surface area contributed by atoms with Crippen molar-refractivity contribution in [3.63, 3.8) is 0 Å². The molecule has 1 saturated heterocycles. The predicted molar refractivity (Wildman–Crippen MR) is 103 cm³/mol. The molecule has 1 saturated carbocycles. The van der Waals surface area contributed by atoms with Gasteiger partial charge in [0.1, 0.15) is 6.04 Å². The number of aromatic nitrogens is 1. The van der Waals surface area contributed by atoms with E-state index in [9.17, 15) is 9.59 Å². The summed E-state index contributed by atoms with van der Waals surface area (Å²) in [5.41, 5.74) is 2.96. The van der Waals surface area contributed by atoms with Crippen LogP contribution in [0.2, 0.25) is 0 Å². The van der Waals surface area contributed by atoms with Crippen LogP contribution in [0.3, 0.4) is 0 Å². The van der Waals surface area contributed by atoms with Crippen molar-refractivity contribution in [1.29, 1.82) is 0 Å². The van der Waals surface area contributed by atoms with Gasteiger partial charge < -0.3 is 15.2 Å². The minimum atomic E-state index is -0.326. The Morgan fingerprint density at radius 3 is 2.69 bits per heavy atom. The van der Waals surface area contributed by atoms with Gasteiger partial charge in [-0.15, -0.1) is 0 Å². The summed E-state index contributed by atoms with van der Waals surface area (Å²) in [6, 6.07) is 7.63. The van der Waals surface area contributed by atoms with Gasteiger partial charge in [0.25, 0.3) is 0 Å². The topological polar surface area (TPSA) is 65.2 Å². The first-order valence-electron chi connectivity index (χ1n) is 9.82. The molecule has 0 bridgehead atoms. The van der Waals surface area contributed by atoms with Crippen LogP contribution < -0.4 is 5.32 Å². The van der Waals surface area contributed by atoms with Crippen LogP contribution in [0.1, 0.15) is 50.6 Å². The highest BCUT2D eigenvalue weighted by molar-refractivity contribution is 5.99. The average molecular weight is 353 g/mol. The highest BCUT2D eigenvalue weighted by atomic mass is 16.2. The molecule has 2 heterocycles. The largest absolute Gasteiger partial charge is 0.359 e. The van der Waals surface area contributed by atoms with Crippen LogP contribution in [0, 0.1) is 12.8 Å². The molecule has 138 valence electrons. The molecule has 1 atom stereocenters. The quantitative estimate of drug-likeness (QED) is 0.876. The number of aryl methyl sites for hydroxylation is 1. The second-order valence-electron chi connectivity index (χ2n) is 7.77. The molecule has 2 aromatic rings. The first-order valence-corrected chi connectivity index (χ1v) is 9.82. The number of benzene rings is 1. The van der Waals surface area contributed by atoms with Crippen LogP contribution in [0.25, 0.3) is 10.9 Å². The number of likely N-dealkylation sites (tertiary alicyclic amines) is 1. The Hall–Kier alpha value is -2.30. The second-order valence-corrected chi connectivity index (χ2v) is 7.77. The zero-order valence-electron chi connectivity index (χ0n) is 15.4. The summed E-state index contributed by atoms with van der Waals surface area (Å²) in [7, 11) is 0. The molecule has 1 aromatic carbocycles. The molecule has 1 aromatic heterocycles. The Morgan fingerprint density at radius 2 is 1.88 bits per heavy atom. The van der Waals surface area contributed by atoms with Crippen molar-refractivity contribution in [2.75, 3.05) is 11.9 Å². The van der Waals surface area contributed by atoms with Gasteiger partial charge in [-0.3, -0.25) is 9.59 Å². The molecule has 0 radical (unpaired) electrons. The number of fused-ring (bicyclic) bond motifs is 1. The third-order valence-electron chi connectivity index (χ3n) is 5.82. The van der Waals surface area contributed by atoms with Crippen molar-refractivity contribution >= 4 is 28.4 Å². The standard InChI is InChI=1S/C21H27N3O2/c1-14-12-16-13-17(9-10-18(16)22-14)23-20(25)19-8-5-11-24(19)21(26)15-6-3-2-4-7-15/h9-10,12-13,15,19,22H,2-8,11H2,1H3,(H,23,25). The number of anilines is 1. The molecule has 5 nitrogen and oxygen atoms in total. The summed E-state index contributed by atoms with van der Waals surface area (Å²) in [6.45, 7) is 2.73. The molecule has 5 heteroatoms. The summed E-state index contributed by atoms with van der Waals surface area (Å²) in [4.78, 5) is 30.9. The number of hydrogen-bond acceptors (Lipinski definition) is 2. The maximum absolute atomic E-state index is 12.9. The van der Waals surface area contributed by atoms with E-state index in [-0.39, 0.29) is 23.8 Å². The van der Waals surface area contributed by atoms with E-state index in [2.05, 4.69) is 16.4 Å². The Bertz CT molecular complexity index is 820. The van der Waals surface area contributed by atoms with Gasteiger partial charge in [0, 0.05) is 34.7 Å². The van der Waals surface area contributed by atoms with Crippen LogP contribution in [-0.2, 0) is 9.59 Å². The highest BCUT2D eigenvalue weighted by Crippen LogP contribution is 2.29. The third kappa shape index (κ3) is 3.35. The molecular weight excluding hydrogens is 326 g/mol. The van der Waals surface area contributed by atoms with E-state index in [1.165, 1.54) is 6.42 Å². The lowest BCUT2D eigenvalue weighted by molar-refractivity contribution is -0.141. The van der Waals surface area contributed by atoms with Gasteiger partial charge in [0.2, 0.25) is 11.8 Å². The van der Waals surface area contributed by atoms with Crippen molar-refractivity contribution in [3.05, 3.63) is 30.0 Å². The summed E-state index contributed by atoms with van der Waals surface area (Å²) in [5, 5.41) is 4.11. The number of hydrogen-bond donors (Lipinski definition) is 2. The summed E-state index contributed by atoms with van der Waals surface area (Å²) in [6.07, 6.45) is 7.13. The lowest BCUT2D eigenvalue weighted by Gasteiger charge is -2.30. The van der Waals surface area contributed by atoms with E-state index in [4.69, 9.17) is 0 Å². The van der Waals surface area contributed by atoms with Crippen LogP contribution in [0.4, 0.5) is 5.69 Å². The summed E-state index contributed by atoms with van der Waals surface area (Å²) < 4.78 is 0. The van der Waals surface area contributed by atoms with Crippen molar-refractivity contribution in [3.8, 4) is 0 Å². The minimum absolute atomic E-state index is 0.0572. The van der Waals surface area contributed by atoms with Crippen molar-refractivity contribution in [2.24, 2.45) is 5.92 Å². The summed E-state index contributed by atoms with van der Waals surface area (Å²) in [5.74, 6) is 0.258. The molecule has 2 fully saturated rings. The zero-order chi connectivity index (χ0) is 18.1. The molecule has 26 heavy (non-hydrogen) atoms. The smallest absolute Gasteiger partial charge is 0.247 e. The average Bonchev–Trinajstić information content (AvgIpc) is 3.27. The fourth-order valence-electron chi connectivity index (χ4n) is 4.47. The second kappa shape index (κ2) is 7.14. The van der Waals surface area contributed by atoms with Crippen LogP contribution in [0.15, 0.2) is 24.3 Å². The molecule has 1 unspecified atom stereocenters. The maximum Gasteiger partial charge on any atom is 0.247 e. The van der Waals surface area contributed by atoms with Gasteiger partial charge in [-0.25, -0.2) is 0 Å². The monoisotopic (exact) mass is 353 g/mol. The lowest BCUT2D eigenvalue weighted by atomic mass is 9.88. The van der Waals surface area contributed by atoms with Gasteiger partial charge in [-0.2, -0.15) is 0 Å². The van der Waals surface area contributed by atoms with Crippen LogP contribution >= 0.6 is 0 Å². The van der Waals surface area contributed by atoms with E-state index in [1.54, 1.807) is 0 Å². The molecule has 2 aliphatic rings. The van der Waals surface area contributed by atoms with E-state index in [0.717, 1.165) is 60.8 Å². The van der Waals surface area contributed by atoms with E-state index < -0.39 is 0 Å². The highest BCUT2D eigenvalue weighted by Gasteiger charge is 2.37. The van der Waals surface area contributed by atoms with Crippen LogP contribution in [0.5, 0.6) is 0 Å². The molecule has 4 rings (SSSR count). The van der Waals surface area contributed by atoms with Crippen molar-refractivity contribution in [2.45, 2.75) is 57.9 Å². The minimum Gasteiger partial charge on any atom is -0.359 e. The van der Waals surface area contributed by atoms with Gasteiger partial charge in [-0.05, 0) is 56.9 Å². The number of amides is 2. The Morgan fingerprint density at radius 1 is 1.08 bits per heavy atom. The lowest BCUT2D eigenvalue weighted by Crippen LogP contribution is -2.46. The Balaban J connectivity index is 1.46. The predicted octanol–water partition coefficient (Wildman–Crippen LogP) is 3.99. The van der Waals surface area contributed by atoms with Crippen LogP contribution in [-0.4, -0.2) is 34.3 Å².